The Kier molecular flexibility index (Phi) is 2.19. The molecule has 1 aliphatic rings. The Hall–Kier alpha value is -1.45. The zero-order valence-corrected chi connectivity index (χ0v) is 7.90. The van der Waals surface area contributed by atoms with Crippen molar-refractivity contribution in [2.75, 3.05) is 13.6 Å². The number of rotatable bonds is 1. The zero-order chi connectivity index (χ0) is 10.1. The van der Waals surface area contributed by atoms with E-state index < -0.39 is 5.95 Å². The highest BCUT2D eigenvalue weighted by molar-refractivity contribution is 5.79. The maximum absolute atomic E-state index is 13.3. The Morgan fingerprint density at radius 2 is 2.43 bits per heavy atom. The molecule has 3 nitrogen and oxygen atoms in total. The van der Waals surface area contributed by atoms with E-state index in [4.69, 9.17) is 0 Å². The Morgan fingerprint density at radius 1 is 1.64 bits per heavy atom. The second-order valence-corrected chi connectivity index (χ2v) is 3.56. The summed E-state index contributed by atoms with van der Waals surface area (Å²) >= 11 is 0. The molecule has 0 aromatic carbocycles. The number of aromatic nitrogens is 1. The number of pyridine rings is 1. The Bertz CT molecular complexity index is 367. The summed E-state index contributed by atoms with van der Waals surface area (Å²) in [6.45, 7) is 0.585. The molecule has 1 aromatic heterocycles. The quantitative estimate of drug-likeness (QED) is 0.629. The van der Waals surface area contributed by atoms with E-state index in [9.17, 15) is 9.18 Å². The third-order valence-electron chi connectivity index (χ3n) is 2.57. The summed E-state index contributed by atoms with van der Waals surface area (Å²) in [5.74, 6) is -0.431. The van der Waals surface area contributed by atoms with Crippen molar-refractivity contribution in [1.29, 1.82) is 0 Å². The zero-order valence-electron chi connectivity index (χ0n) is 7.90. The molecule has 1 saturated heterocycles. The molecule has 2 rings (SSSR count). The maximum Gasteiger partial charge on any atom is 0.223 e. The molecule has 1 unspecified atom stereocenters. The molecule has 0 N–H and O–H groups in total. The number of hydrogen-bond acceptors (Lipinski definition) is 2. The number of likely N-dealkylation sites (N-methyl/N-ethyl adjacent to an activating group) is 1. The van der Waals surface area contributed by atoms with Gasteiger partial charge in [-0.05, 0) is 6.07 Å². The van der Waals surface area contributed by atoms with Crippen LogP contribution in [0, 0.1) is 5.95 Å². The molecule has 0 bridgehead atoms. The summed E-state index contributed by atoms with van der Waals surface area (Å²) in [4.78, 5) is 16.5. The van der Waals surface area contributed by atoms with Crippen LogP contribution < -0.4 is 0 Å². The molecule has 0 radical (unpaired) electrons. The van der Waals surface area contributed by atoms with Gasteiger partial charge in [-0.3, -0.25) is 4.79 Å². The maximum atomic E-state index is 13.3. The smallest absolute Gasteiger partial charge is 0.223 e. The highest BCUT2D eigenvalue weighted by Crippen LogP contribution is 2.27. The van der Waals surface area contributed by atoms with Gasteiger partial charge in [-0.2, -0.15) is 4.39 Å². The Labute approximate surface area is 81.6 Å². The van der Waals surface area contributed by atoms with Gasteiger partial charge in [0.05, 0.1) is 0 Å². The molecule has 1 amide bonds. The average Bonchev–Trinajstić information content (AvgIpc) is 2.48. The van der Waals surface area contributed by atoms with E-state index in [0.29, 0.717) is 18.5 Å². The fourth-order valence-corrected chi connectivity index (χ4v) is 1.77. The summed E-state index contributed by atoms with van der Waals surface area (Å²) in [5, 5.41) is 0. The number of hydrogen-bond donors (Lipinski definition) is 0. The van der Waals surface area contributed by atoms with E-state index >= 15 is 0 Å². The molecule has 1 atom stereocenters. The van der Waals surface area contributed by atoms with Crippen molar-refractivity contribution in [2.24, 2.45) is 0 Å². The lowest BCUT2D eigenvalue weighted by Gasteiger charge is -2.10. The third-order valence-corrected chi connectivity index (χ3v) is 2.57. The normalized spacial score (nSPS) is 21.7. The second-order valence-electron chi connectivity index (χ2n) is 3.56. The monoisotopic (exact) mass is 194 g/mol. The number of amides is 1. The van der Waals surface area contributed by atoms with E-state index in [2.05, 4.69) is 4.98 Å². The van der Waals surface area contributed by atoms with E-state index in [1.54, 1.807) is 24.1 Å². The van der Waals surface area contributed by atoms with Crippen LogP contribution in [0.25, 0.3) is 0 Å². The van der Waals surface area contributed by atoms with Gasteiger partial charge in [-0.1, -0.05) is 6.07 Å². The third kappa shape index (κ3) is 1.47. The van der Waals surface area contributed by atoms with Gasteiger partial charge in [0, 0.05) is 37.7 Å². The van der Waals surface area contributed by atoms with E-state index in [1.165, 1.54) is 6.20 Å². The molecular weight excluding hydrogens is 183 g/mol. The Morgan fingerprint density at radius 3 is 3.00 bits per heavy atom. The molecule has 4 heteroatoms. The largest absolute Gasteiger partial charge is 0.345 e. The summed E-state index contributed by atoms with van der Waals surface area (Å²) < 4.78 is 13.3. The van der Waals surface area contributed by atoms with E-state index in [-0.39, 0.29) is 11.8 Å². The van der Waals surface area contributed by atoms with Crippen LogP contribution in [0.4, 0.5) is 4.39 Å². The van der Waals surface area contributed by atoms with Gasteiger partial charge < -0.3 is 4.90 Å². The highest BCUT2D eigenvalue weighted by Gasteiger charge is 2.29. The van der Waals surface area contributed by atoms with Crippen molar-refractivity contribution in [3.05, 3.63) is 29.8 Å². The van der Waals surface area contributed by atoms with Gasteiger partial charge in [0.1, 0.15) is 0 Å². The van der Waals surface area contributed by atoms with Crippen molar-refractivity contribution in [3.63, 3.8) is 0 Å². The topological polar surface area (TPSA) is 33.2 Å². The van der Waals surface area contributed by atoms with E-state index in [1.807, 2.05) is 0 Å². The lowest BCUT2D eigenvalue weighted by molar-refractivity contribution is -0.126. The van der Waals surface area contributed by atoms with Crippen molar-refractivity contribution < 1.29 is 9.18 Å². The van der Waals surface area contributed by atoms with Crippen molar-refractivity contribution >= 4 is 5.91 Å². The van der Waals surface area contributed by atoms with Crippen molar-refractivity contribution in [3.8, 4) is 0 Å². The van der Waals surface area contributed by atoms with Crippen LogP contribution >= 0.6 is 0 Å². The van der Waals surface area contributed by atoms with E-state index in [0.717, 1.165) is 0 Å². The number of carbonyl (C=O) groups excluding carboxylic acids is 1. The second kappa shape index (κ2) is 3.36. The lowest BCUT2D eigenvalue weighted by atomic mass is 10.00. The molecule has 2 heterocycles. The Balaban J connectivity index is 2.25. The first kappa shape index (κ1) is 9.12. The summed E-state index contributed by atoms with van der Waals surface area (Å²) in [6.07, 6.45) is 1.80. The van der Waals surface area contributed by atoms with Gasteiger partial charge in [-0.15, -0.1) is 0 Å². The molecule has 0 aliphatic carbocycles. The molecule has 14 heavy (non-hydrogen) atoms. The van der Waals surface area contributed by atoms with Gasteiger partial charge in [0.15, 0.2) is 0 Å². The number of carbonyl (C=O) groups is 1. The van der Waals surface area contributed by atoms with Crippen molar-refractivity contribution in [1.82, 2.24) is 9.88 Å². The van der Waals surface area contributed by atoms with Crippen LogP contribution in [0.15, 0.2) is 18.3 Å². The lowest BCUT2D eigenvalue weighted by Crippen LogP contribution is -2.18. The van der Waals surface area contributed by atoms with Gasteiger partial charge >= 0.3 is 0 Å². The first-order valence-electron chi connectivity index (χ1n) is 4.53. The highest BCUT2D eigenvalue weighted by atomic mass is 19.1. The summed E-state index contributed by atoms with van der Waals surface area (Å²) in [6, 6.07) is 3.39. The molecular formula is C10H11FN2O. The molecule has 1 aliphatic heterocycles. The number of nitrogens with zero attached hydrogens (tertiary/aromatic N) is 2. The number of halogens is 1. The molecule has 0 spiro atoms. The molecule has 0 saturated carbocycles. The number of likely N-dealkylation sites (tertiary alicyclic amines) is 1. The average molecular weight is 194 g/mol. The molecule has 74 valence electrons. The minimum Gasteiger partial charge on any atom is -0.345 e. The van der Waals surface area contributed by atoms with Crippen LogP contribution in [0.2, 0.25) is 0 Å². The summed E-state index contributed by atoms with van der Waals surface area (Å²) in [5.41, 5.74) is 0.546. The van der Waals surface area contributed by atoms with Crippen LogP contribution in [-0.4, -0.2) is 29.4 Å². The minimum atomic E-state index is -0.458. The van der Waals surface area contributed by atoms with Crippen LogP contribution in [0.3, 0.4) is 0 Å². The minimum absolute atomic E-state index is 0.0406. The molecule has 1 aromatic rings. The van der Waals surface area contributed by atoms with Gasteiger partial charge in [0.25, 0.3) is 0 Å². The molecule has 1 fully saturated rings. The fraction of sp³-hybridized carbons (Fsp3) is 0.400. The van der Waals surface area contributed by atoms with Gasteiger partial charge in [-0.25, -0.2) is 4.98 Å². The van der Waals surface area contributed by atoms with Crippen LogP contribution in [0.1, 0.15) is 17.9 Å². The van der Waals surface area contributed by atoms with Gasteiger partial charge in [0.2, 0.25) is 11.9 Å². The van der Waals surface area contributed by atoms with Crippen molar-refractivity contribution in [2.45, 2.75) is 12.3 Å². The van der Waals surface area contributed by atoms with Crippen LogP contribution in [0.5, 0.6) is 0 Å². The first-order valence-corrected chi connectivity index (χ1v) is 4.53. The SMILES string of the molecule is CN1CC(c2cccnc2F)CC1=O. The standard InChI is InChI=1S/C10H11FN2O/c1-13-6-7(5-9(13)14)8-3-2-4-12-10(8)11/h2-4,7H,5-6H2,1H3. The first-order chi connectivity index (χ1) is 6.68. The predicted molar refractivity (Wildman–Crippen MR) is 49.2 cm³/mol. The predicted octanol–water partition coefficient (Wildman–Crippen LogP) is 1.17. The van der Waals surface area contributed by atoms with Crippen LogP contribution in [-0.2, 0) is 4.79 Å². The fourth-order valence-electron chi connectivity index (χ4n) is 1.77. The summed E-state index contributed by atoms with van der Waals surface area (Å²) in [7, 11) is 1.73.